The van der Waals surface area contributed by atoms with E-state index in [9.17, 15) is 4.79 Å². The molecule has 0 radical (unpaired) electrons. The molecule has 0 aliphatic heterocycles. The van der Waals surface area contributed by atoms with Crippen molar-refractivity contribution < 1.29 is 14.3 Å². The van der Waals surface area contributed by atoms with Gasteiger partial charge in [-0.15, -0.1) is 0 Å². The van der Waals surface area contributed by atoms with E-state index < -0.39 is 5.97 Å². The van der Waals surface area contributed by atoms with Crippen LogP contribution in [0.4, 0.5) is 0 Å². The molecule has 0 aromatic heterocycles. The minimum Gasteiger partial charge on any atom is -0.487 e. The van der Waals surface area contributed by atoms with E-state index in [1.54, 1.807) is 6.07 Å². The second-order valence-corrected chi connectivity index (χ2v) is 6.73. The van der Waals surface area contributed by atoms with Crippen LogP contribution in [-0.4, -0.2) is 13.1 Å². The van der Waals surface area contributed by atoms with E-state index in [0.29, 0.717) is 17.9 Å². The van der Waals surface area contributed by atoms with Crippen molar-refractivity contribution in [3.63, 3.8) is 0 Å². The molecule has 0 N–H and O–H groups in total. The monoisotopic (exact) mass is 332 g/mol. The number of rotatable bonds is 4. The molecule has 0 aliphatic rings. The molecule has 0 bridgehead atoms. The zero-order valence-electron chi connectivity index (χ0n) is 13.9. The molecule has 0 saturated carbocycles. The van der Waals surface area contributed by atoms with Gasteiger partial charge in [0.2, 0.25) is 0 Å². The summed E-state index contributed by atoms with van der Waals surface area (Å²) in [5, 5.41) is 0.279. The topological polar surface area (TPSA) is 35.5 Å². The van der Waals surface area contributed by atoms with Crippen molar-refractivity contribution in [3.8, 4) is 5.75 Å². The van der Waals surface area contributed by atoms with Gasteiger partial charge >= 0.3 is 5.97 Å². The SMILES string of the molecule is COC(=O)c1cc(C(C)(C)C)cc(OCc2ccccc2)c1Cl. The van der Waals surface area contributed by atoms with E-state index in [4.69, 9.17) is 21.1 Å². The van der Waals surface area contributed by atoms with Crippen molar-refractivity contribution in [2.75, 3.05) is 7.11 Å². The molecule has 4 heteroatoms. The highest BCUT2D eigenvalue weighted by Gasteiger charge is 2.22. The van der Waals surface area contributed by atoms with Crippen molar-refractivity contribution in [2.24, 2.45) is 0 Å². The third kappa shape index (κ3) is 4.26. The highest BCUT2D eigenvalue weighted by atomic mass is 35.5. The number of benzene rings is 2. The van der Waals surface area contributed by atoms with Crippen LogP contribution in [0.3, 0.4) is 0 Å². The van der Waals surface area contributed by atoms with E-state index in [0.717, 1.165) is 11.1 Å². The van der Waals surface area contributed by atoms with Crippen molar-refractivity contribution in [1.29, 1.82) is 0 Å². The fourth-order valence-corrected chi connectivity index (χ4v) is 2.37. The number of carbonyl (C=O) groups excluding carboxylic acids is 1. The lowest BCUT2D eigenvalue weighted by Gasteiger charge is -2.22. The van der Waals surface area contributed by atoms with E-state index >= 15 is 0 Å². The lowest BCUT2D eigenvalue weighted by molar-refractivity contribution is 0.0600. The number of carbonyl (C=O) groups is 1. The standard InChI is InChI=1S/C19H21ClO3/c1-19(2,3)14-10-15(18(21)22-4)17(20)16(11-14)23-12-13-8-6-5-7-9-13/h5-11H,12H2,1-4H3. The molecule has 0 saturated heterocycles. The molecule has 2 aromatic carbocycles. The maximum atomic E-state index is 12.0. The molecule has 23 heavy (non-hydrogen) atoms. The van der Waals surface area contributed by atoms with Gasteiger partial charge in [-0.25, -0.2) is 4.79 Å². The van der Waals surface area contributed by atoms with Gasteiger partial charge in [0, 0.05) is 0 Å². The Kier molecular flexibility index (Phi) is 5.32. The maximum absolute atomic E-state index is 12.0. The second kappa shape index (κ2) is 7.05. The van der Waals surface area contributed by atoms with E-state index in [2.05, 4.69) is 20.8 Å². The van der Waals surface area contributed by atoms with Crippen LogP contribution in [0.2, 0.25) is 5.02 Å². The predicted octanol–water partition coefficient (Wildman–Crippen LogP) is 5.00. The maximum Gasteiger partial charge on any atom is 0.339 e. The van der Waals surface area contributed by atoms with E-state index in [-0.39, 0.29) is 10.4 Å². The Balaban J connectivity index is 2.39. The summed E-state index contributed by atoms with van der Waals surface area (Å²) in [6.07, 6.45) is 0. The Labute approximate surface area is 142 Å². The fourth-order valence-electron chi connectivity index (χ4n) is 2.13. The van der Waals surface area contributed by atoms with Gasteiger partial charge in [-0.1, -0.05) is 62.7 Å². The lowest BCUT2D eigenvalue weighted by atomic mass is 9.86. The number of esters is 1. The van der Waals surface area contributed by atoms with Crippen molar-refractivity contribution in [2.45, 2.75) is 32.8 Å². The van der Waals surface area contributed by atoms with Crippen molar-refractivity contribution in [1.82, 2.24) is 0 Å². The van der Waals surface area contributed by atoms with Crippen molar-refractivity contribution >= 4 is 17.6 Å². The summed E-state index contributed by atoms with van der Waals surface area (Å²) in [4.78, 5) is 12.0. The second-order valence-electron chi connectivity index (χ2n) is 6.35. The number of ether oxygens (including phenoxy) is 2. The Morgan fingerprint density at radius 3 is 2.35 bits per heavy atom. The highest BCUT2D eigenvalue weighted by molar-refractivity contribution is 6.35. The van der Waals surface area contributed by atoms with Crippen LogP contribution in [0.15, 0.2) is 42.5 Å². The lowest BCUT2D eigenvalue weighted by Crippen LogP contribution is -2.14. The van der Waals surface area contributed by atoms with Crippen LogP contribution in [-0.2, 0) is 16.8 Å². The molecule has 2 aromatic rings. The molecule has 0 unspecified atom stereocenters. The number of halogens is 1. The molecular formula is C19H21ClO3. The van der Waals surface area contributed by atoms with Crippen LogP contribution < -0.4 is 4.74 Å². The molecule has 3 nitrogen and oxygen atoms in total. The molecule has 0 heterocycles. The molecule has 0 fully saturated rings. The largest absolute Gasteiger partial charge is 0.487 e. The first-order valence-electron chi connectivity index (χ1n) is 7.42. The first-order valence-corrected chi connectivity index (χ1v) is 7.80. The zero-order valence-corrected chi connectivity index (χ0v) is 14.6. The summed E-state index contributed by atoms with van der Waals surface area (Å²) in [6, 6.07) is 13.5. The summed E-state index contributed by atoms with van der Waals surface area (Å²) in [7, 11) is 1.34. The first kappa shape index (κ1) is 17.4. The van der Waals surface area contributed by atoms with Crippen LogP contribution in [0.25, 0.3) is 0 Å². The summed E-state index contributed by atoms with van der Waals surface area (Å²) >= 11 is 6.34. The number of methoxy groups -OCH3 is 1. The molecule has 0 spiro atoms. The summed E-state index contributed by atoms with van der Waals surface area (Å²) < 4.78 is 10.7. The Morgan fingerprint density at radius 2 is 1.78 bits per heavy atom. The quantitative estimate of drug-likeness (QED) is 0.739. The Hall–Kier alpha value is -2.00. The van der Waals surface area contributed by atoms with Gasteiger partial charge in [0.05, 0.1) is 17.7 Å². The third-order valence-corrected chi connectivity index (χ3v) is 3.94. The van der Waals surface area contributed by atoms with Gasteiger partial charge < -0.3 is 9.47 Å². The number of hydrogen-bond donors (Lipinski definition) is 0. The number of hydrogen-bond acceptors (Lipinski definition) is 3. The minimum atomic E-state index is -0.467. The average molecular weight is 333 g/mol. The van der Waals surface area contributed by atoms with Gasteiger partial charge in [0.15, 0.2) is 0 Å². The molecule has 2 rings (SSSR count). The van der Waals surface area contributed by atoms with Gasteiger partial charge in [-0.05, 0) is 28.7 Å². The van der Waals surface area contributed by atoms with Crippen LogP contribution in [0, 0.1) is 0 Å². The Morgan fingerprint density at radius 1 is 1.13 bits per heavy atom. The minimum absolute atomic E-state index is 0.141. The van der Waals surface area contributed by atoms with Crippen molar-refractivity contribution in [3.05, 3.63) is 64.2 Å². The average Bonchev–Trinajstić information content (AvgIpc) is 2.53. The summed E-state index contributed by atoms with van der Waals surface area (Å²) in [5.74, 6) is 0.0222. The molecule has 0 aliphatic carbocycles. The first-order chi connectivity index (χ1) is 10.8. The zero-order chi connectivity index (χ0) is 17.0. The molecule has 0 amide bonds. The highest BCUT2D eigenvalue weighted by Crippen LogP contribution is 2.35. The van der Waals surface area contributed by atoms with Gasteiger partial charge in [-0.2, -0.15) is 0 Å². The third-order valence-electron chi connectivity index (χ3n) is 3.55. The fraction of sp³-hybridized carbons (Fsp3) is 0.316. The summed E-state index contributed by atoms with van der Waals surface area (Å²) in [5.41, 5.74) is 2.18. The molecular weight excluding hydrogens is 312 g/mol. The summed E-state index contributed by atoms with van der Waals surface area (Å²) in [6.45, 7) is 6.59. The van der Waals surface area contributed by atoms with Gasteiger partial charge in [0.25, 0.3) is 0 Å². The van der Waals surface area contributed by atoms with Crippen LogP contribution >= 0.6 is 11.6 Å². The van der Waals surface area contributed by atoms with E-state index in [1.807, 2.05) is 36.4 Å². The van der Waals surface area contributed by atoms with Gasteiger partial charge in [-0.3, -0.25) is 0 Å². The normalized spacial score (nSPS) is 11.2. The molecule has 122 valence electrons. The predicted molar refractivity (Wildman–Crippen MR) is 92.3 cm³/mol. The smallest absolute Gasteiger partial charge is 0.339 e. The van der Waals surface area contributed by atoms with Crippen LogP contribution in [0.1, 0.15) is 42.3 Å². The van der Waals surface area contributed by atoms with Gasteiger partial charge in [0.1, 0.15) is 12.4 Å². The Bertz CT molecular complexity index is 688. The van der Waals surface area contributed by atoms with Crippen LogP contribution in [0.5, 0.6) is 5.75 Å². The van der Waals surface area contributed by atoms with E-state index in [1.165, 1.54) is 7.11 Å². The molecule has 0 atom stereocenters.